The van der Waals surface area contributed by atoms with Gasteiger partial charge in [-0.3, -0.25) is 0 Å². The number of benzene rings is 1. The van der Waals surface area contributed by atoms with Gasteiger partial charge in [0.15, 0.2) is 11.5 Å². The van der Waals surface area contributed by atoms with Crippen molar-refractivity contribution in [1.82, 2.24) is 0 Å². The van der Waals surface area contributed by atoms with E-state index in [4.69, 9.17) is 32.7 Å². The second-order valence-corrected chi connectivity index (χ2v) is 5.13. The summed E-state index contributed by atoms with van der Waals surface area (Å²) >= 11 is 15.1. The molecule has 0 radical (unpaired) electrons. The van der Waals surface area contributed by atoms with Crippen LogP contribution in [0, 0.1) is 0 Å². The van der Waals surface area contributed by atoms with Gasteiger partial charge in [-0.1, -0.05) is 0 Å². The first kappa shape index (κ1) is 15.7. The fourth-order valence-electron chi connectivity index (χ4n) is 1.64. The van der Waals surface area contributed by atoms with Gasteiger partial charge in [0.1, 0.15) is 0 Å². The van der Waals surface area contributed by atoms with Crippen molar-refractivity contribution in [2.24, 2.45) is 0 Å². The van der Waals surface area contributed by atoms with Crippen LogP contribution in [-0.4, -0.2) is 39.1 Å². The third kappa shape index (κ3) is 3.84. The normalized spacial score (nSPS) is 10.3. The van der Waals surface area contributed by atoms with Crippen molar-refractivity contribution >= 4 is 44.8 Å². The molecule has 0 fully saturated rings. The Balaban J connectivity index is 3.12. The van der Waals surface area contributed by atoms with E-state index in [1.165, 1.54) is 0 Å². The summed E-state index contributed by atoms with van der Waals surface area (Å²) in [6.07, 6.45) is 0. The lowest BCUT2D eigenvalue weighted by molar-refractivity contribution is 0.355. The molecule has 0 spiro atoms. The van der Waals surface area contributed by atoms with E-state index in [1.807, 2.05) is 12.1 Å². The van der Waals surface area contributed by atoms with E-state index < -0.39 is 0 Å². The zero-order valence-electron chi connectivity index (χ0n) is 10.4. The Morgan fingerprint density at radius 2 is 1.56 bits per heavy atom. The molecule has 0 saturated heterocycles. The molecule has 0 aliphatic heterocycles. The van der Waals surface area contributed by atoms with Crippen LogP contribution in [-0.2, 0) is 0 Å². The van der Waals surface area contributed by atoms with E-state index in [1.54, 1.807) is 14.2 Å². The van der Waals surface area contributed by atoms with Crippen molar-refractivity contribution in [2.75, 3.05) is 44.0 Å². The second kappa shape index (κ2) is 7.97. The monoisotopic (exact) mass is 355 g/mol. The molecule has 0 amide bonds. The first-order chi connectivity index (χ1) is 8.67. The molecule has 1 aromatic carbocycles. The van der Waals surface area contributed by atoms with Gasteiger partial charge in [0.2, 0.25) is 0 Å². The molecule has 0 aromatic heterocycles. The maximum Gasteiger partial charge on any atom is 0.162 e. The van der Waals surface area contributed by atoms with Crippen LogP contribution in [0.25, 0.3) is 0 Å². The molecule has 0 heterocycles. The summed E-state index contributed by atoms with van der Waals surface area (Å²) in [5, 5.41) is 0. The number of hydrogen-bond donors (Lipinski definition) is 0. The van der Waals surface area contributed by atoms with E-state index in [9.17, 15) is 0 Å². The summed E-state index contributed by atoms with van der Waals surface area (Å²) in [7, 11) is 3.22. The minimum absolute atomic E-state index is 0.539. The Morgan fingerprint density at radius 1 is 1.06 bits per heavy atom. The lowest BCUT2D eigenvalue weighted by Crippen LogP contribution is -2.27. The molecule has 0 saturated carbocycles. The molecule has 1 aromatic rings. The first-order valence-electron chi connectivity index (χ1n) is 5.46. The van der Waals surface area contributed by atoms with E-state index in [-0.39, 0.29) is 0 Å². The summed E-state index contributed by atoms with van der Waals surface area (Å²) in [5.41, 5.74) is 0.994. The van der Waals surface area contributed by atoms with Gasteiger partial charge in [-0.05, 0) is 15.9 Å². The summed E-state index contributed by atoms with van der Waals surface area (Å²) in [5.74, 6) is 2.45. The molecule has 6 heteroatoms. The minimum atomic E-state index is 0.539. The van der Waals surface area contributed by atoms with Crippen molar-refractivity contribution in [3.63, 3.8) is 0 Å². The van der Waals surface area contributed by atoms with Crippen LogP contribution in [0.15, 0.2) is 16.6 Å². The molecule has 18 heavy (non-hydrogen) atoms. The summed E-state index contributed by atoms with van der Waals surface area (Å²) in [6, 6.07) is 3.80. The van der Waals surface area contributed by atoms with E-state index in [0.29, 0.717) is 23.3 Å². The predicted octanol–water partition coefficient (Wildman–Crippen LogP) is 3.75. The molecule has 0 N–H and O–H groups in total. The quantitative estimate of drug-likeness (QED) is 0.694. The molecule has 0 aliphatic carbocycles. The van der Waals surface area contributed by atoms with Crippen molar-refractivity contribution < 1.29 is 9.47 Å². The third-order valence-electron chi connectivity index (χ3n) is 2.50. The maximum absolute atomic E-state index is 5.81. The zero-order valence-corrected chi connectivity index (χ0v) is 13.5. The molecule has 0 unspecified atom stereocenters. The van der Waals surface area contributed by atoms with Crippen molar-refractivity contribution in [1.29, 1.82) is 0 Å². The smallest absolute Gasteiger partial charge is 0.162 e. The predicted molar refractivity (Wildman–Crippen MR) is 80.9 cm³/mol. The number of rotatable bonds is 7. The third-order valence-corrected chi connectivity index (χ3v) is 3.48. The highest BCUT2D eigenvalue weighted by atomic mass is 79.9. The zero-order chi connectivity index (χ0) is 13.5. The molecular formula is C12H16BrCl2NO2. The topological polar surface area (TPSA) is 21.7 Å². The lowest BCUT2D eigenvalue weighted by Gasteiger charge is -2.25. The fourth-order valence-corrected chi connectivity index (χ4v) is 2.62. The largest absolute Gasteiger partial charge is 0.493 e. The van der Waals surface area contributed by atoms with Crippen LogP contribution in [0.4, 0.5) is 5.69 Å². The van der Waals surface area contributed by atoms with Crippen LogP contribution in [0.1, 0.15) is 0 Å². The van der Waals surface area contributed by atoms with E-state index in [0.717, 1.165) is 23.2 Å². The highest BCUT2D eigenvalue weighted by Crippen LogP contribution is 2.38. The van der Waals surface area contributed by atoms with Crippen molar-refractivity contribution in [2.45, 2.75) is 0 Å². The van der Waals surface area contributed by atoms with E-state index in [2.05, 4.69) is 20.8 Å². The molecule has 0 atom stereocenters. The van der Waals surface area contributed by atoms with Crippen molar-refractivity contribution in [3.8, 4) is 11.5 Å². The van der Waals surface area contributed by atoms with Gasteiger partial charge in [0.05, 0.1) is 19.9 Å². The molecular weight excluding hydrogens is 341 g/mol. The number of anilines is 1. The van der Waals surface area contributed by atoms with Gasteiger partial charge in [-0.2, -0.15) is 0 Å². The number of ether oxygens (including phenoxy) is 2. The Kier molecular flexibility index (Phi) is 6.97. The SMILES string of the molecule is COc1cc(Br)c(N(CCCl)CCCl)cc1OC. The summed E-state index contributed by atoms with van der Waals surface area (Å²) in [6.45, 7) is 1.45. The minimum Gasteiger partial charge on any atom is -0.493 e. The summed E-state index contributed by atoms with van der Waals surface area (Å²) < 4.78 is 11.5. The lowest BCUT2D eigenvalue weighted by atomic mass is 10.2. The van der Waals surface area contributed by atoms with Crippen LogP contribution in [0.3, 0.4) is 0 Å². The van der Waals surface area contributed by atoms with E-state index >= 15 is 0 Å². The van der Waals surface area contributed by atoms with Gasteiger partial charge in [0, 0.05) is 41.5 Å². The van der Waals surface area contributed by atoms with Gasteiger partial charge in [0.25, 0.3) is 0 Å². The Labute approximate surface area is 126 Å². The average molecular weight is 357 g/mol. The Bertz CT molecular complexity index is 385. The fraction of sp³-hybridized carbons (Fsp3) is 0.500. The standard InChI is InChI=1S/C12H16BrCl2NO2/c1-17-11-7-9(13)10(8-12(11)18-2)16(5-3-14)6-4-15/h7-8H,3-6H2,1-2H3. The van der Waals surface area contributed by atoms with Crippen molar-refractivity contribution in [3.05, 3.63) is 16.6 Å². The van der Waals surface area contributed by atoms with Crippen LogP contribution >= 0.6 is 39.1 Å². The van der Waals surface area contributed by atoms with Gasteiger partial charge < -0.3 is 14.4 Å². The highest BCUT2D eigenvalue weighted by molar-refractivity contribution is 9.10. The Hall–Kier alpha value is -0.320. The summed E-state index contributed by atoms with van der Waals surface area (Å²) in [4.78, 5) is 2.10. The van der Waals surface area contributed by atoms with Gasteiger partial charge in [-0.25, -0.2) is 0 Å². The maximum atomic E-state index is 5.81. The molecule has 102 valence electrons. The number of halogens is 3. The molecule has 0 aliphatic rings. The first-order valence-corrected chi connectivity index (χ1v) is 7.32. The molecule has 0 bridgehead atoms. The highest BCUT2D eigenvalue weighted by Gasteiger charge is 2.14. The van der Waals surface area contributed by atoms with Gasteiger partial charge >= 0.3 is 0 Å². The van der Waals surface area contributed by atoms with Crippen LogP contribution in [0.5, 0.6) is 11.5 Å². The molecule has 1 rings (SSSR count). The number of hydrogen-bond acceptors (Lipinski definition) is 3. The van der Waals surface area contributed by atoms with Gasteiger partial charge in [-0.15, -0.1) is 23.2 Å². The Morgan fingerprint density at radius 3 is 2.00 bits per heavy atom. The molecule has 3 nitrogen and oxygen atoms in total. The average Bonchev–Trinajstić information content (AvgIpc) is 2.38. The van der Waals surface area contributed by atoms with Crippen LogP contribution < -0.4 is 14.4 Å². The number of alkyl halides is 2. The number of nitrogens with zero attached hydrogens (tertiary/aromatic N) is 1. The second-order valence-electron chi connectivity index (χ2n) is 3.52. The number of methoxy groups -OCH3 is 2. The van der Waals surface area contributed by atoms with Crippen LogP contribution in [0.2, 0.25) is 0 Å².